The Kier molecular flexibility index (Phi) is 4.61. The molecule has 1 amide bonds. The number of amides is 1. The van der Waals surface area contributed by atoms with Crippen LogP contribution in [0.1, 0.15) is 5.56 Å². The molecule has 0 bridgehead atoms. The van der Waals surface area contributed by atoms with Crippen LogP contribution in [-0.4, -0.2) is 25.7 Å². The molecule has 0 atom stereocenters. The van der Waals surface area contributed by atoms with Crippen LogP contribution in [0, 0.1) is 5.82 Å². The second-order valence-corrected chi connectivity index (χ2v) is 5.00. The van der Waals surface area contributed by atoms with Gasteiger partial charge in [-0.2, -0.15) is 0 Å². The number of halogens is 1. The third kappa shape index (κ3) is 4.12. The summed E-state index contributed by atoms with van der Waals surface area (Å²) in [7, 11) is 0. The molecule has 120 valence electrons. The van der Waals surface area contributed by atoms with E-state index >= 15 is 0 Å². The lowest BCUT2D eigenvalue weighted by Crippen LogP contribution is -2.28. The SMILES string of the molecule is O=C(COc1cccc(F)c1)NCc1ccc2c(c1)OCCO2. The summed E-state index contributed by atoms with van der Waals surface area (Å²) in [6.07, 6.45) is 0. The molecular formula is C17H16FNO4. The first-order valence-electron chi connectivity index (χ1n) is 7.24. The highest BCUT2D eigenvalue weighted by Gasteiger charge is 2.12. The molecule has 0 fully saturated rings. The van der Waals surface area contributed by atoms with Gasteiger partial charge in [0.05, 0.1) is 0 Å². The van der Waals surface area contributed by atoms with E-state index in [0.29, 0.717) is 37.0 Å². The van der Waals surface area contributed by atoms with Crippen molar-refractivity contribution >= 4 is 5.91 Å². The van der Waals surface area contributed by atoms with Crippen molar-refractivity contribution in [2.24, 2.45) is 0 Å². The normalized spacial score (nSPS) is 12.6. The molecule has 1 aliphatic rings. The van der Waals surface area contributed by atoms with Crippen molar-refractivity contribution in [3.63, 3.8) is 0 Å². The van der Waals surface area contributed by atoms with Gasteiger partial charge in [-0.15, -0.1) is 0 Å². The number of fused-ring (bicyclic) bond motifs is 1. The number of ether oxygens (including phenoxy) is 3. The van der Waals surface area contributed by atoms with E-state index in [1.54, 1.807) is 6.07 Å². The Morgan fingerprint density at radius 3 is 2.78 bits per heavy atom. The predicted molar refractivity (Wildman–Crippen MR) is 81.2 cm³/mol. The molecule has 3 rings (SSSR count). The summed E-state index contributed by atoms with van der Waals surface area (Å²) >= 11 is 0. The number of nitrogens with one attached hydrogen (secondary N) is 1. The largest absolute Gasteiger partial charge is 0.486 e. The van der Waals surface area contributed by atoms with Crippen molar-refractivity contribution in [2.45, 2.75) is 6.54 Å². The van der Waals surface area contributed by atoms with Crippen LogP contribution in [0.25, 0.3) is 0 Å². The molecule has 1 aliphatic heterocycles. The third-order valence-electron chi connectivity index (χ3n) is 3.26. The highest BCUT2D eigenvalue weighted by atomic mass is 19.1. The second kappa shape index (κ2) is 7.00. The van der Waals surface area contributed by atoms with Gasteiger partial charge in [-0.25, -0.2) is 4.39 Å². The summed E-state index contributed by atoms with van der Waals surface area (Å²) in [6, 6.07) is 11.2. The number of rotatable bonds is 5. The van der Waals surface area contributed by atoms with Gasteiger partial charge in [0.1, 0.15) is 24.8 Å². The Hall–Kier alpha value is -2.76. The summed E-state index contributed by atoms with van der Waals surface area (Å²) in [5.74, 6) is 1.02. The molecule has 5 nitrogen and oxygen atoms in total. The summed E-state index contributed by atoms with van der Waals surface area (Å²) in [4.78, 5) is 11.8. The number of benzene rings is 2. The average Bonchev–Trinajstić information content (AvgIpc) is 2.58. The summed E-state index contributed by atoms with van der Waals surface area (Å²) in [5.41, 5.74) is 0.897. The summed E-state index contributed by atoms with van der Waals surface area (Å²) < 4.78 is 29.2. The smallest absolute Gasteiger partial charge is 0.258 e. The van der Waals surface area contributed by atoms with E-state index in [-0.39, 0.29) is 12.5 Å². The monoisotopic (exact) mass is 317 g/mol. The van der Waals surface area contributed by atoms with E-state index in [0.717, 1.165) is 5.56 Å². The van der Waals surface area contributed by atoms with Gasteiger partial charge in [0, 0.05) is 12.6 Å². The average molecular weight is 317 g/mol. The highest BCUT2D eigenvalue weighted by molar-refractivity contribution is 5.77. The molecule has 0 aromatic heterocycles. The van der Waals surface area contributed by atoms with Crippen LogP contribution in [0.2, 0.25) is 0 Å². The van der Waals surface area contributed by atoms with Crippen molar-refractivity contribution < 1.29 is 23.4 Å². The fourth-order valence-electron chi connectivity index (χ4n) is 2.16. The van der Waals surface area contributed by atoms with Crippen LogP contribution >= 0.6 is 0 Å². The van der Waals surface area contributed by atoms with Crippen molar-refractivity contribution in [2.75, 3.05) is 19.8 Å². The van der Waals surface area contributed by atoms with Gasteiger partial charge < -0.3 is 19.5 Å². The highest BCUT2D eigenvalue weighted by Crippen LogP contribution is 2.30. The summed E-state index contributed by atoms with van der Waals surface area (Å²) in [5, 5.41) is 2.74. The van der Waals surface area contributed by atoms with Gasteiger partial charge in [-0.05, 0) is 29.8 Å². The first-order valence-corrected chi connectivity index (χ1v) is 7.24. The van der Waals surface area contributed by atoms with E-state index in [2.05, 4.69) is 5.32 Å². The lowest BCUT2D eigenvalue weighted by Gasteiger charge is -2.19. The zero-order valence-electron chi connectivity index (χ0n) is 12.4. The molecule has 2 aromatic rings. The number of carbonyl (C=O) groups is 1. The minimum Gasteiger partial charge on any atom is -0.486 e. The van der Waals surface area contributed by atoms with Crippen molar-refractivity contribution in [3.8, 4) is 17.2 Å². The van der Waals surface area contributed by atoms with Gasteiger partial charge in [0.15, 0.2) is 18.1 Å². The zero-order chi connectivity index (χ0) is 16.1. The Balaban J connectivity index is 1.49. The van der Waals surface area contributed by atoms with E-state index in [4.69, 9.17) is 14.2 Å². The fourth-order valence-corrected chi connectivity index (χ4v) is 2.16. The quantitative estimate of drug-likeness (QED) is 0.919. The molecule has 6 heteroatoms. The van der Waals surface area contributed by atoms with Crippen LogP contribution < -0.4 is 19.5 Å². The Labute approximate surface area is 133 Å². The first-order chi connectivity index (χ1) is 11.2. The number of carbonyl (C=O) groups excluding carboxylic acids is 1. The minimum atomic E-state index is -0.404. The van der Waals surface area contributed by atoms with E-state index in [1.807, 2.05) is 18.2 Å². The maximum atomic E-state index is 13.0. The molecule has 0 spiro atoms. The van der Waals surface area contributed by atoms with Crippen LogP contribution in [0.5, 0.6) is 17.2 Å². The number of hydrogen-bond donors (Lipinski definition) is 1. The Morgan fingerprint density at radius 1 is 1.13 bits per heavy atom. The molecule has 0 unspecified atom stereocenters. The van der Waals surface area contributed by atoms with Gasteiger partial charge in [-0.1, -0.05) is 12.1 Å². The molecule has 23 heavy (non-hydrogen) atoms. The van der Waals surface area contributed by atoms with Crippen LogP contribution in [0.3, 0.4) is 0 Å². The van der Waals surface area contributed by atoms with Crippen LogP contribution in [0.4, 0.5) is 4.39 Å². The zero-order valence-corrected chi connectivity index (χ0v) is 12.4. The predicted octanol–water partition coefficient (Wildman–Crippen LogP) is 2.29. The summed E-state index contributed by atoms with van der Waals surface area (Å²) in [6.45, 7) is 1.24. The van der Waals surface area contributed by atoms with Gasteiger partial charge >= 0.3 is 0 Å². The molecule has 0 radical (unpaired) electrons. The van der Waals surface area contributed by atoms with Crippen molar-refractivity contribution in [1.29, 1.82) is 0 Å². The van der Waals surface area contributed by atoms with Gasteiger partial charge in [0.25, 0.3) is 5.91 Å². The molecule has 0 saturated carbocycles. The topological polar surface area (TPSA) is 56.8 Å². The maximum absolute atomic E-state index is 13.0. The van der Waals surface area contributed by atoms with Crippen LogP contribution in [0.15, 0.2) is 42.5 Å². The van der Waals surface area contributed by atoms with E-state index in [9.17, 15) is 9.18 Å². The van der Waals surface area contributed by atoms with Gasteiger partial charge in [-0.3, -0.25) is 4.79 Å². The molecule has 0 aliphatic carbocycles. The Bertz CT molecular complexity index is 705. The van der Waals surface area contributed by atoms with Gasteiger partial charge in [0.2, 0.25) is 0 Å². The van der Waals surface area contributed by atoms with E-state index < -0.39 is 5.82 Å². The van der Waals surface area contributed by atoms with Crippen molar-refractivity contribution in [1.82, 2.24) is 5.32 Å². The van der Waals surface area contributed by atoms with Crippen LogP contribution in [-0.2, 0) is 11.3 Å². The third-order valence-corrected chi connectivity index (χ3v) is 3.26. The molecule has 2 aromatic carbocycles. The molecule has 1 N–H and O–H groups in total. The Morgan fingerprint density at radius 2 is 1.96 bits per heavy atom. The lowest BCUT2D eigenvalue weighted by atomic mass is 10.2. The molecule has 1 heterocycles. The molecule has 0 saturated heterocycles. The standard InChI is InChI=1S/C17H16FNO4/c18-13-2-1-3-14(9-13)23-11-17(20)19-10-12-4-5-15-16(8-12)22-7-6-21-15/h1-5,8-9H,6-7,10-11H2,(H,19,20). The maximum Gasteiger partial charge on any atom is 0.258 e. The fraction of sp³-hybridized carbons (Fsp3) is 0.235. The number of hydrogen-bond acceptors (Lipinski definition) is 4. The second-order valence-electron chi connectivity index (χ2n) is 5.00. The van der Waals surface area contributed by atoms with E-state index in [1.165, 1.54) is 18.2 Å². The van der Waals surface area contributed by atoms with Crippen molar-refractivity contribution in [3.05, 3.63) is 53.8 Å². The molecular weight excluding hydrogens is 301 g/mol. The minimum absolute atomic E-state index is 0.173. The first kappa shape index (κ1) is 15.1. The lowest BCUT2D eigenvalue weighted by molar-refractivity contribution is -0.123.